The standard InChI is InChI=1S/C11H13BrF3N3/c1-18(8-2-3-16-6-8)10-9(11(13,14)15)4-7(12)5-17-10/h4-5,8,16H,2-3,6H2,1H3. The van der Waals surface area contributed by atoms with Gasteiger partial charge in [0.2, 0.25) is 0 Å². The molecule has 2 heterocycles. The quantitative estimate of drug-likeness (QED) is 0.907. The molecule has 2 rings (SSSR count). The van der Waals surface area contributed by atoms with Crippen molar-refractivity contribution in [2.45, 2.75) is 18.6 Å². The predicted molar refractivity (Wildman–Crippen MR) is 66.6 cm³/mol. The number of likely N-dealkylation sites (N-methyl/N-ethyl adjacent to an activating group) is 1. The van der Waals surface area contributed by atoms with Crippen LogP contribution in [0.25, 0.3) is 0 Å². The summed E-state index contributed by atoms with van der Waals surface area (Å²) in [6, 6.07) is 1.13. The van der Waals surface area contributed by atoms with Crippen molar-refractivity contribution in [3.05, 3.63) is 22.3 Å². The Hall–Kier alpha value is -0.820. The fourth-order valence-electron chi connectivity index (χ4n) is 2.06. The first kappa shape index (κ1) is 13.6. The maximum Gasteiger partial charge on any atom is 0.419 e. The third-order valence-corrected chi connectivity index (χ3v) is 3.49. The molecule has 1 atom stereocenters. The number of anilines is 1. The third-order valence-electron chi connectivity index (χ3n) is 3.05. The Morgan fingerprint density at radius 1 is 1.50 bits per heavy atom. The van der Waals surface area contributed by atoms with Crippen LogP contribution in [0.1, 0.15) is 12.0 Å². The Morgan fingerprint density at radius 2 is 2.22 bits per heavy atom. The van der Waals surface area contributed by atoms with E-state index in [2.05, 4.69) is 26.2 Å². The molecule has 0 bridgehead atoms. The van der Waals surface area contributed by atoms with E-state index in [1.165, 1.54) is 6.20 Å². The average Bonchev–Trinajstić information content (AvgIpc) is 2.80. The second-order valence-corrected chi connectivity index (χ2v) is 5.20. The van der Waals surface area contributed by atoms with E-state index in [1.807, 2.05) is 0 Å². The summed E-state index contributed by atoms with van der Waals surface area (Å²) >= 11 is 3.03. The number of alkyl halides is 3. The molecular formula is C11H13BrF3N3. The summed E-state index contributed by atoms with van der Waals surface area (Å²) in [4.78, 5) is 5.53. The summed E-state index contributed by atoms with van der Waals surface area (Å²) in [5, 5.41) is 3.13. The van der Waals surface area contributed by atoms with Crippen LogP contribution in [-0.2, 0) is 6.18 Å². The Morgan fingerprint density at radius 3 is 2.78 bits per heavy atom. The highest BCUT2D eigenvalue weighted by Gasteiger charge is 2.37. The lowest BCUT2D eigenvalue weighted by Gasteiger charge is -2.27. The Labute approximate surface area is 112 Å². The number of aromatic nitrogens is 1. The van der Waals surface area contributed by atoms with Crippen molar-refractivity contribution in [2.24, 2.45) is 0 Å². The summed E-state index contributed by atoms with van der Waals surface area (Å²) in [5.41, 5.74) is -0.703. The van der Waals surface area contributed by atoms with Crippen LogP contribution in [0.3, 0.4) is 0 Å². The molecule has 3 nitrogen and oxygen atoms in total. The molecule has 1 aliphatic heterocycles. The molecule has 1 unspecified atom stereocenters. The second-order valence-electron chi connectivity index (χ2n) is 4.28. The van der Waals surface area contributed by atoms with Crippen LogP contribution in [0, 0.1) is 0 Å². The average molecular weight is 324 g/mol. The van der Waals surface area contributed by atoms with Crippen molar-refractivity contribution in [2.75, 3.05) is 25.0 Å². The van der Waals surface area contributed by atoms with Gasteiger partial charge in [0.05, 0.1) is 5.56 Å². The lowest BCUT2D eigenvalue weighted by Crippen LogP contribution is -2.35. The van der Waals surface area contributed by atoms with Gasteiger partial charge in [-0.1, -0.05) is 0 Å². The highest BCUT2D eigenvalue weighted by Crippen LogP contribution is 2.37. The van der Waals surface area contributed by atoms with Crippen LogP contribution in [0.15, 0.2) is 16.7 Å². The van der Waals surface area contributed by atoms with E-state index in [1.54, 1.807) is 11.9 Å². The van der Waals surface area contributed by atoms with E-state index in [0.29, 0.717) is 11.0 Å². The minimum absolute atomic E-state index is 0.0144. The maximum absolute atomic E-state index is 13.0. The van der Waals surface area contributed by atoms with E-state index in [4.69, 9.17) is 0 Å². The lowest BCUT2D eigenvalue weighted by atomic mass is 10.2. The van der Waals surface area contributed by atoms with Gasteiger partial charge >= 0.3 is 6.18 Å². The molecule has 1 aromatic rings. The molecule has 1 aliphatic rings. The number of hydrogen-bond donors (Lipinski definition) is 1. The van der Waals surface area contributed by atoms with Crippen molar-refractivity contribution in [1.29, 1.82) is 0 Å². The molecule has 1 N–H and O–H groups in total. The normalized spacial score (nSPS) is 20.2. The van der Waals surface area contributed by atoms with Gasteiger partial charge in [-0.05, 0) is 35.0 Å². The number of pyridine rings is 1. The van der Waals surface area contributed by atoms with Gasteiger partial charge in [-0.25, -0.2) is 4.98 Å². The molecule has 7 heteroatoms. The van der Waals surface area contributed by atoms with Crippen LogP contribution in [-0.4, -0.2) is 31.2 Å². The van der Waals surface area contributed by atoms with Crippen LogP contribution < -0.4 is 10.2 Å². The summed E-state index contributed by atoms with van der Waals surface area (Å²) in [6.07, 6.45) is -2.18. The van der Waals surface area contributed by atoms with Crippen LogP contribution >= 0.6 is 15.9 Å². The van der Waals surface area contributed by atoms with Crippen LogP contribution in [0.5, 0.6) is 0 Å². The topological polar surface area (TPSA) is 28.2 Å². The lowest BCUT2D eigenvalue weighted by molar-refractivity contribution is -0.137. The first-order valence-electron chi connectivity index (χ1n) is 5.56. The molecule has 0 saturated carbocycles. The molecule has 0 amide bonds. The smallest absolute Gasteiger partial charge is 0.355 e. The zero-order chi connectivity index (χ0) is 13.3. The number of halogens is 4. The van der Waals surface area contributed by atoms with Crippen molar-refractivity contribution >= 4 is 21.7 Å². The van der Waals surface area contributed by atoms with Gasteiger partial charge in [-0.15, -0.1) is 0 Å². The monoisotopic (exact) mass is 323 g/mol. The van der Waals surface area contributed by atoms with Gasteiger partial charge in [0.1, 0.15) is 5.82 Å². The van der Waals surface area contributed by atoms with Gasteiger partial charge in [0, 0.05) is 30.3 Å². The SMILES string of the molecule is CN(c1ncc(Br)cc1C(F)(F)F)C1CCNC1. The summed E-state index contributed by atoms with van der Waals surface area (Å²) in [5.74, 6) is -0.0144. The fourth-order valence-corrected chi connectivity index (χ4v) is 2.40. The van der Waals surface area contributed by atoms with Gasteiger partial charge in [-0.2, -0.15) is 13.2 Å². The van der Waals surface area contributed by atoms with Crippen molar-refractivity contribution in [3.63, 3.8) is 0 Å². The van der Waals surface area contributed by atoms with E-state index < -0.39 is 11.7 Å². The zero-order valence-electron chi connectivity index (χ0n) is 9.76. The Balaban J connectivity index is 2.37. The Kier molecular flexibility index (Phi) is 3.82. The van der Waals surface area contributed by atoms with E-state index in [0.717, 1.165) is 19.0 Å². The maximum atomic E-state index is 13.0. The molecule has 1 saturated heterocycles. The molecule has 0 aliphatic carbocycles. The second kappa shape index (κ2) is 5.05. The van der Waals surface area contributed by atoms with E-state index >= 15 is 0 Å². The number of rotatable bonds is 2. The number of hydrogen-bond acceptors (Lipinski definition) is 3. The van der Waals surface area contributed by atoms with Crippen LogP contribution in [0.4, 0.5) is 19.0 Å². The zero-order valence-corrected chi connectivity index (χ0v) is 11.3. The van der Waals surface area contributed by atoms with Crippen LogP contribution in [0.2, 0.25) is 0 Å². The molecule has 1 aromatic heterocycles. The third kappa shape index (κ3) is 2.77. The fraction of sp³-hybridized carbons (Fsp3) is 0.545. The van der Waals surface area contributed by atoms with Gasteiger partial charge in [0.15, 0.2) is 0 Å². The molecule has 100 valence electrons. The highest BCUT2D eigenvalue weighted by molar-refractivity contribution is 9.10. The molecule has 0 spiro atoms. The minimum atomic E-state index is -4.40. The van der Waals surface area contributed by atoms with Gasteiger partial charge in [0.25, 0.3) is 0 Å². The van der Waals surface area contributed by atoms with Gasteiger partial charge in [-0.3, -0.25) is 0 Å². The number of nitrogens with one attached hydrogen (secondary N) is 1. The van der Waals surface area contributed by atoms with Crippen molar-refractivity contribution < 1.29 is 13.2 Å². The number of nitrogens with zero attached hydrogens (tertiary/aromatic N) is 2. The first-order chi connectivity index (χ1) is 8.39. The minimum Gasteiger partial charge on any atom is -0.355 e. The molecular weight excluding hydrogens is 311 g/mol. The van der Waals surface area contributed by atoms with Crippen molar-refractivity contribution in [3.8, 4) is 0 Å². The highest BCUT2D eigenvalue weighted by atomic mass is 79.9. The summed E-state index contributed by atoms with van der Waals surface area (Å²) in [7, 11) is 1.66. The molecule has 18 heavy (non-hydrogen) atoms. The van der Waals surface area contributed by atoms with Gasteiger partial charge < -0.3 is 10.2 Å². The molecule has 1 fully saturated rings. The Bertz CT molecular complexity index is 430. The first-order valence-corrected chi connectivity index (χ1v) is 6.35. The van der Waals surface area contributed by atoms with E-state index in [9.17, 15) is 13.2 Å². The predicted octanol–water partition coefficient (Wildman–Crippen LogP) is 2.66. The molecule has 0 radical (unpaired) electrons. The summed E-state index contributed by atoms with van der Waals surface area (Å²) in [6.45, 7) is 1.51. The van der Waals surface area contributed by atoms with E-state index in [-0.39, 0.29) is 11.9 Å². The molecule has 0 aromatic carbocycles. The largest absolute Gasteiger partial charge is 0.419 e. The van der Waals surface area contributed by atoms with Crippen molar-refractivity contribution in [1.82, 2.24) is 10.3 Å². The summed E-state index contributed by atoms with van der Waals surface area (Å²) < 4.78 is 39.2.